The molecule has 0 radical (unpaired) electrons. The molecule has 7 nitrogen and oxygen atoms in total. The molecular weight excluding hydrogens is 449 g/mol. The maximum absolute atomic E-state index is 16.0. The summed E-state index contributed by atoms with van der Waals surface area (Å²) < 4.78 is 47.4. The van der Waals surface area contributed by atoms with Crippen LogP contribution in [0.5, 0.6) is 0 Å². The summed E-state index contributed by atoms with van der Waals surface area (Å²) in [5.41, 5.74) is 3.60. The minimum absolute atomic E-state index is 0.177. The number of halogens is 3. The van der Waals surface area contributed by atoms with Crippen molar-refractivity contribution in [2.24, 2.45) is 11.1 Å². The Morgan fingerprint density at radius 3 is 2.38 bits per heavy atom. The number of nitrogens with two attached hydrogens (primary N) is 1. The van der Waals surface area contributed by atoms with E-state index in [1.807, 2.05) is 13.8 Å². The first kappa shape index (κ1) is 24.3. The van der Waals surface area contributed by atoms with Gasteiger partial charge < -0.3 is 16.2 Å². The Labute approximate surface area is 195 Å². The zero-order valence-electron chi connectivity index (χ0n) is 19.5. The minimum Gasteiger partial charge on any atom is -0.393 e. The number of Topliss-reactive ketones (excluding diaryl/α,β-unsaturated/α-hetero) is 1. The fourth-order valence-corrected chi connectivity index (χ4v) is 5.09. The first-order chi connectivity index (χ1) is 15.9. The topological polar surface area (TPSA) is 110 Å². The molecule has 1 aromatic carbocycles. The van der Waals surface area contributed by atoms with Crippen LogP contribution in [0.4, 0.5) is 18.9 Å². The Bertz CT molecular complexity index is 1170. The van der Waals surface area contributed by atoms with E-state index in [0.29, 0.717) is 55.5 Å². The number of amides is 1. The molecule has 0 bridgehead atoms. The van der Waals surface area contributed by atoms with Crippen LogP contribution in [0.15, 0.2) is 0 Å². The van der Waals surface area contributed by atoms with E-state index in [0.717, 1.165) is 4.68 Å². The predicted molar refractivity (Wildman–Crippen MR) is 120 cm³/mol. The summed E-state index contributed by atoms with van der Waals surface area (Å²) in [6.45, 7) is 5.50. The second kappa shape index (κ2) is 8.72. The lowest BCUT2D eigenvalue weighted by Crippen LogP contribution is -2.31. The Morgan fingerprint density at radius 2 is 1.79 bits per heavy atom. The molecule has 4 rings (SSSR count). The summed E-state index contributed by atoms with van der Waals surface area (Å²) in [4.78, 5) is 24.9. The lowest BCUT2D eigenvalue weighted by molar-refractivity contribution is 0.0909. The summed E-state index contributed by atoms with van der Waals surface area (Å²) >= 11 is 0. The number of aliphatic hydroxyl groups is 1. The van der Waals surface area contributed by atoms with Crippen LogP contribution in [0, 0.1) is 22.9 Å². The number of primary amides is 1. The van der Waals surface area contributed by atoms with Gasteiger partial charge in [0, 0.05) is 12.5 Å². The second-order valence-corrected chi connectivity index (χ2v) is 10.0. The number of anilines is 1. The van der Waals surface area contributed by atoms with Gasteiger partial charge >= 0.3 is 0 Å². The fraction of sp³-hybridized carbons (Fsp3) is 0.542. The van der Waals surface area contributed by atoms with Gasteiger partial charge in [-0.25, -0.2) is 17.9 Å². The van der Waals surface area contributed by atoms with Gasteiger partial charge in [-0.15, -0.1) is 0 Å². The van der Waals surface area contributed by atoms with E-state index in [1.165, 1.54) is 0 Å². The van der Waals surface area contributed by atoms with E-state index in [4.69, 9.17) is 5.73 Å². The SMILES string of the molecule is CCc1nn(-c2c(F)c(F)c(C(N)=O)c(N[C@H]3CC[C@H](O)CC3)c2F)c2c1C(=O)CC(C)(C)C2. The predicted octanol–water partition coefficient (Wildman–Crippen LogP) is 3.82. The number of fused-ring (bicyclic) bond motifs is 1. The number of ketones is 1. The Morgan fingerprint density at radius 1 is 1.15 bits per heavy atom. The largest absolute Gasteiger partial charge is 0.393 e. The van der Waals surface area contributed by atoms with Crippen molar-refractivity contribution in [1.29, 1.82) is 0 Å². The van der Waals surface area contributed by atoms with Crippen molar-refractivity contribution in [3.63, 3.8) is 0 Å². The standard InChI is InChI=1S/C24H29F3N4O3/c1-4-13-16-14(9-24(2,3)10-15(16)33)31(30-13)22-19(26)18(25)17(23(28)34)21(20(22)27)29-11-5-7-12(32)8-6-11/h11-12,29,32H,4-10H2,1-3H3,(H2,28,34)/t11-,12-. The monoisotopic (exact) mass is 478 g/mol. The van der Waals surface area contributed by atoms with Gasteiger partial charge in [0.05, 0.1) is 28.7 Å². The van der Waals surface area contributed by atoms with Gasteiger partial charge in [0.2, 0.25) is 0 Å². The third-order valence-corrected chi connectivity index (χ3v) is 6.75. The third-order valence-electron chi connectivity index (χ3n) is 6.75. The molecule has 2 aliphatic rings. The van der Waals surface area contributed by atoms with E-state index in [1.54, 1.807) is 6.92 Å². The summed E-state index contributed by atoms with van der Waals surface area (Å²) in [7, 11) is 0. The number of carbonyl (C=O) groups excluding carboxylic acids is 2. The van der Waals surface area contributed by atoms with Crippen LogP contribution in [0.2, 0.25) is 0 Å². The molecule has 1 heterocycles. The summed E-state index contributed by atoms with van der Waals surface area (Å²) in [6, 6.07) is -0.369. The highest BCUT2D eigenvalue weighted by Gasteiger charge is 2.39. The van der Waals surface area contributed by atoms with Crippen molar-refractivity contribution < 1.29 is 27.9 Å². The highest BCUT2D eigenvalue weighted by atomic mass is 19.2. The van der Waals surface area contributed by atoms with Gasteiger partial charge in [-0.1, -0.05) is 20.8 Å². The molecule has 2 aromatic rings. The molecular formula is C24H29F3N4O3. The number of benzene rings is 1. The number of aliphatic hydroxyl groups excluding tert-OH is 1. The molecule has 1 saturated carbocycles. The smallest absolute Gasteiger partial charge is 0.254 e. The van der Waals surface area contributed by atoms with Crippen molar-refractivity contribution >= 4 is 17.4 Å². The number of aryl methyl sites for hydroxylation is 1. The van der Waals surface area contributed by atoms with Crippen molar-refractivity contribution in [2.75, 3.05) is 5.32 Å². The molecule has 184 valence electrons. The summed E-state index contributed by atoms with van der Waals surface area (Å²) in [5.74, 6) is -5.87. The fourth-order valence-electron chi connectivity index (χ4n) is 5.09. The van der Waals surface area contributed by atoms with E-state index in [2.05, 4.69) is 10.4 Å². The molecule has 4 N–H and O–H groups in total. The highest BCUT2D eigenvalue weighted by Crippen LogP contribution is 2.40. The lowest BCUT2D eigenvalue weighted by atomic mass is 9.75. The molecule has 0 saturated heterocycles. The second-order valence-electron chi connectivity index (χ2n) is 10.0. The van der Waals surface area contributed by atoms with Crippen LogP contribution in [-0.2, 0) is 12.8 Å². The third kappa shape index (κ3) is 4.08. The number of rotatable bonds is 5. The normalized spacial score (nSPS) is 21.9. The van der Waals surface area contributed by atoms with E-state index < -0.39 is 51.8 Å². The van der Waals surface area contributed by atoms with Gasteiger partial charge in [0.15, 0.2) is 23.2 Å². The van der Waals surface area contributed by atoms with Gasteiger partial charge in [-0.05, 0) is 43.9 Å². The van der Waals surface area contributed by atoms with Crippen LogP contribution in [0.1, 0.15) is 85.0 Å². The van der Waals surface area contributed by atoms with E-state index >= 15 is 13.2 Å². The number of hydrogen-bond acceptors (Lipinski definition) is 5. The van der Waals surface area contributed by atoms with E-state index in [-0.39, 0.29) is 18.2 Å². The molecule has 2 aliphatic carbocycles. The number of hydrogen-bond donors (Lipinski definition) is 3. The molecule has 1 aromatic heterocycles. The summed E-state index contributed by atoms with van der Waals surface area (Å²) in [5, 5.41) is 16.9. The molecule has 0 aliphatic heterocycles. The zero-order valence-corrected chi connectivity index (χ0v) is 19.5. The number of nitrogens with zero attached hydrogens (tertiary/aromatic N) is 2. The van der Waals surface area contributed by atoms with Gasteiger partial charge in [-0.3, -0.25) is 9.59 Å². The van der Waals surface area contributed by atoms with Gasteiger partial charge in [-0.2, -0.15) is 5.10 Å². The maximum Gasteiger partial charge on any atom is 0.254 e. The number of nitrogens with one attached hydrogen (secondary N) is 1. The van der Waals surface area contributed by atoms with Crippen LogP contribution in [0.3, 0.4) is 0 Å². The average molecular weight is 479 g/mol. The van der Waals surface area contributed by atoms with Crippen LogP contribution < -0.4 is 11.1 Å². The maximum atomic E-state index is 16.0. The van der Waals surface area contributed by atoms with Crippen LogP contribution >= 0.6 is 0 Å². The Balaban J connectivity index is 1.93. The first-order valence-corrected chi connectivity index (χ1v) is 11.5. The van der Waals surface area contributed by atoms with Crippen molar-refractivity contribution in [3.05, 3.63) is 40.0 Å². The molecule has 10 heteroatoms. The lowest BCUT2D eigenvalue weighted by Gasteiger charge is -2.30. The van der Waals surface area contributed by atoms with Gasteiger partial charge in [0.1, 0.15) is 11.3 Å². The number of carbonyl (C=O) groups is 2. The molecule has 0 unspecified atom stereocenters. The molecule has 1 fully saturated rings. The van der Waals surface area contributed by atoms with Crippen LogP contribution in [-0.4, -0.2) is 38.7 Å². The Kier molecular flexibility index (Phi) is 6.22. The first-order valence-electron chi connectivity index (χ1n) is 11.5. The minimum atomic E-state index is -1.60. The van der Waals surface area contributed by atoms with E-state index in [9.17, 15) is 14.7 Å². The quantitative estimate of drug-likeness (QED) is 0.566. The zero-order chi connectivity index (χ0) is 24.9. The molecule has 0 atom stereocenters. The van der Waals surface area contributed by atoms with Gasteiger partial charge in [0.25, 0.3) is 5.91 Å². The van der Waals surface area contributed by atoms with Crippen molar-refractivity contribution in [3.8, 4) is 5.69 Å². The van der Waals surface area contributed by atoms with Crippen molar-refractivity contribution in [1.82, 2.24) is 9.78 Å². The molecule has 34 heavy (non-hydrogen) atoms. The average Bonchev–Trinajstić information content (AvgIpc) is 3.10. The molecule has 0 spiro atoms. The molecule has 1 amide bonds. The highest BCUT2D eigenvalue weighted by molar-refractivity contribution is 6.01. The number of aromatic nitrogens is 2. The van der Waals surface area contributed by atoms with Crippen molar-refractivity contribution in [2.45, 2.75) is 77.9 Å². The Hall–Kier alpha value is -2.88. The summed E-state index contributed by atoms with van der Waals surface area (Å²) in [6.07, 6.45) is 2.24. The van der Waals surface area contributed by atoms with Crippen LogP contribution in [0.25, 0.3) is 5.69 Å².